The van der Waals surface area contributed by atoms with Gasteiger partial charge < -0.3 is 24.4 Å². The average Bonchev–Trinajstić information content (AvgIpc) is 2.78. The molecule has 0 bridgehead atoms. The first-order chi connectivity index (χ1) is 15.0. The van der Waals surface area contributed by atoms with Crippen molar-refractivity contribution in [2.24, 2.45) is 0 Å². The molecule has 0 aromatic heterocycles. The number of carbonyl (C=O) groups excluding carboxylic acids is 1. The average molecular weight is 431 g/mol. The number of hydrogen-bond donors (Lipinski definition) is 1. The number of hydrogen-bond acceptors (Lipinski definition) is 5. The fourth-order valence-corrected chi connectivity index (χ4v) is 3.05. The predicted molar refractivity (Wildman–Crippen MR) is 120 cm³/mol. The van der Waals surface area contributed by atoms with Gasteiger partial charge in [-0.05, 0) is 67.9 Å². The Bertz CT molecular complexity index is 886. The molecule has 0 spiro atoms. The van der Waals surface area contributed by atoms with E-state index >= 15 is 0 Å². The smallest absolute Gasteiger partial charge is 0.243 e. The van der Waals surface area contributed by atoms with Crippen molar-refractivity contribution in [3.63, 3.8) is 0 Å². The molecule has 6 nitrogen and oxygen atoms in total. The van der Waals surface area contributed by atoms with Crippen molar-refractivity contribution in [2.45, 2.75) is 12.8 Å². The molecule has 0 heterocycles. The molecule has 168 valence electrons. The van der Waals surface area contributed by atoms with Crippen LogP contribution in [0, 0.1) is 5.82 Å². The summed E-state index contributed by atoms with van der Waals surface area (Å²) in [5.41, 5.74) is 1.78. The summed E-state index contributed by atoms with van der Waals surface area (Å²) in [6.07, 6.45) is 4.71. The molecular formula is C24H31FN2O4. The summed E-state index contributed by atoms with van der Waals surface area (Å²) in [7, 11) is 6.72. The van der Waals surface area contributed by atoms with Crippen LogP contribution in [0.1, 0.15) is 17.5 Å². The number of amides is 1. The number of nitrogens with zero attached hydrogens (tertiary/aromatic N) is 1. The SMILES string of the molecule is COc1ccc(C=CC(=O)NCCCN(C)CCc2ccc(OC)c(OC)c2)cc1F. The quantitative estimate of drug-likeness (QED) is 0.412. The van der Waals surface area contributed by atoms with Gasteiger partial charge in [0, 0.05) is 19.2 Å². The van der Waals surface area contributed by atoms with Crippen LogP contribution in [0.5, 0.6) is 17.2 Å². The number of carbonyl (C=O) groups is 1. The van der Waals surface area contributed by atoms with Crippen LogP contribution in [0.25, 0.3) is 6.08 Å². The van der Waals surface area contributed by atoms with Gasteiger partial charge in [0.2, 0.25) is 5.91 Å². The molecule has 0 saturated heterocycles. The Balaban J connectivity index is 1.67. The van der Waals surface area contributed by atoms with E-state index in [0.717, 1.165) is 37.4 Å². The third kappa shape index (κ3) is 7.94. The second kappa shape index (κ2) is 12.6. The highest BCUT2D eigenvalue weighted by molar-refractivity contribution is 5.91. The summed E-state index contributed by atoms with van der Waals surface area (Å²) in [5, 5.41) is 2.85. The highest BCUT2D eigenvalue weighted by atomic mass is 19.1. The largest absolute Gasteiger partial charge is 0.494 e. The van der Waals surface area contributed by atoms with E-state index in [9.17, 15) is 9.18 Å². The standard InChI is InChI=1S/C24H31FN2O4/c1-27(15-12-19-7-10-22(30-3)23(17-19)31-4)14-5-13-26-24(28)11-8-18-6-9-21(29-2)20(25)16-18/h6-11,16-17H,5,12-15H2,1-4H3,(H,26,28). The van der Waals surface area contributed by atoms with Gasteiger partial charge >= 0.3 is 0 Å². The molecule has 31 heavy (non-hydrogen) atoms. The maximum absolute atomic E-state index is 13.7. The minimum Gasteiger partial charge on any atom is -0.494 e. The molecular weight excluding hydrogens is 399 g/mol. The summed E-state index contributed by atoms with van der Waals surface area (Å²) in [5.74, 6) is 0.972. The Morgan fingerprint density at radius 3 is 2.39 bits per heavy atom. The van der Waals surface area contributed by atoms with Crippen LogP contribution in [-0.4, -0.2) is 58.8 Å². The van der Waals surface area contributed by atoms with E-state index in [-0.39, 0.29) is 11.7 Å². The maximum Gasteiger partial charge on any atom is 0.243 e. The number of rotatable bonds is 12. The zero-order chi connectivity index (χ0) is 22.6. The van der Waals surface area contributed by atoms with E-state index in [4.69, 9.17) is 14.2 Å². The van der Waals surface area contributed by atoms with Gasteiger partial charge in [0.1, 0.15) is 0 Å². The first kappa shape index (κ1) is 24.2. The van der Waals surface area contributed by atoms with E-state index in [1.807, 2.05) is 18.2 Å². The molecule has 0 saturated carbocycles. The fraction of sp³-hybridized carbons (Fsp3) is 0.375. The maximum atomic E-state index is 13.7. The van der Waals surface area contributed by atoms with Crippen LogP contribution in [-0.2, 0) is 11.2 Å². The summed E-state index contributed by atoms with van der Waals surface area (Å²) >= 11 is 0. The fourth-order valence-electron chi connectivity index (χ4n) is 3.05. The molecule has 0 aliphatic rings. The zero-order valence-electron chi connectivity index (χ0n) is 18.6. The number of likely N-dealkylation sites (N-methyl/N-ethyl adjacent to an activating group) is 1. The number of nitrogens with one attached hydrogen (secondary N) is 1. The number of halogens is 1. The molecule has 7 heteroatoms. The molecule has 0 aliphatic carbocycles. The molecule has 2 aromatic rings. The van der Waals surface area contributed by atoms with Crippen LogP contribution < -0.4 is 19.5 Å². The molecule has 1 amide bonds. The highest BCUT2D eigenvalue weighted by Crippen LogP contribution is 2.27. The molecule has 0 atom stereocenters. The predicted octanol–water partition coefficient (Wildman–Crippen LogP) is 3.55. The van der Waals surface area contributed by atoms with E-state index < -0.39 is 5.82 Å². The van der Waals surface area contributed by atoms with Gasteiger partial charge in [-0.2, -0.15) is 0 Å². The lowest BCUT2D eigenvalue weighted by Gasteiger charge is -2.17. The first-order valence-electron chi connectivity index (χ1n) is 10.2. The van der Waals surface area contributed by atoms with Gasteiger partial charge in [-0.1, -0.05) is 12.1 Å². The Morgan fingerprint density at radius 2 is 1.71 bits per heavy atom. The number of ether oxygens (including phenoxy) is 3. The van der Waals surface area contributed by atoms with Crippen LogP contribution in [0.3, 0.4) is 0 Å². The lowest BCUT2D eigenvalue weighted by atomic mass is 10.1. The molecule has 0 fully saturated rings. The van der Waals surface area contributed by atoms with Gasteiger partial charge in [0.25, 0.3) is 0 Å². The molecule has 2 aromatic carbocycles. The third-order valence-corrected chi connectivity index (χ3v) is 4.85. The Morgan fingerprint density at radius 1 is 1.00 bits per heavy atom. The second-order valence-corrected chi connectivity index (χ2v) is 7.11. The van der Waals surface area contributed by atoms with Crippen LogP contribution in [0.2, 0.25) is 0 Å². The summed E-state index contributed by atoms with van der Waals surface area (Å²) in [6.45, 7) is 2.33. The summed E-state index contributed by atoms with van der Waals surface area (Å²) in [4.78, 5) is 14.2. The van der Waals surface area contributed by atoms with Crippen LogP contribution >= 0.6 is 0 Å². The van der Waals surface area contributed by atoms with Gasteiger partial charge in [-0.3, -0.25) is 4.79 Å². The van der Waals surface area contributed by atoms with Crippen molar-refractivity contribution >= 4 is 12.0 Å². The third-order valence-electron chi connectivity index (χ3n) is 4.85. The van der Waals surface area contributed by atoms with E-state index in [1.54, 1.807) is 26.4 Å². The van der Waals surface area contributed by atoms with E-state index in [2.05, 4.69) is 17.3 Å². The molecule has 2 rings (SSSR count). The number of methoxy groups -OCH3 is 3. The molecule has 0 aliphatic heterocycles. The van der Waals surface area contributed by atoms with Crippen molar-refractivity contribution in [3.8, 4) is 17.2 Å². The van der Waals surface area contributed by atoms with Crippen molar-refractivity contribution in [2.75, 3.05) is 48.0 Å². The zero-order valence-corrected chi connectivity index (χ0v) is 18.6. The van der Waals surface area contributed by atoms with Crippen molar-refractivity contribution in [1.29, 1.82) is 0 Å². The Hall–Kier alpha value is -3.06. The van der Waals surface area contributed by atoms with Gasteiger partial charge in [-0.25, -0.2) is 4.39 Å². The van der Waals surface area contributed by atoms with Gasteiger partial charge in [-0.15, -0.1) is 0 Å². The van der Waals surface area contributed by atoms with Crippen molar-refractivity contribution in [1.82, 2.24) is 10.2 Å². The van der Waals surface area contributed by atoms with E-state index in [1.165, 1.54) is 30.9 Å². The molecule has 0 radical (unpaired) electrons. The Kier molecular flexibility index (Phi) is 9.84. The second-order valence-electron chi connectivity index (χ2n) is 7.11. The van der Waals surface area contributed by atoms with Crippen LogP contribution in [0.4, 0.5) is 4.39 Å². The molecule has 1 N–H and O–H groups in total. The Labute approximate surface area is 183 Å². The lowest BCUT2D eigenvalue weighted by molar-refractivity contribution is -0.116. The van der Waals surface area contributed by atoms with Crippen molar-refractivity contribution < 1.29 is 23.4 Å². The normalized spacial score (nSPS) is 11.0. The van der Waals surface area contributed by atoms with Crippen molar-refractivity contribution in [3.05, 3.63) is 59.4 Å². The number of benzene rings is 2. The minimum absolute atomic E-state index is 0.178. The van der Waals surface area contributed by atoms with Gasteiger partial charge in [0.15, 0.2) is 23.1 Å². The molecule has 0 unspecified atom stereocenters. The first-order valence-corrected chi connectivity index (χ1v) is 10.2. The summed E-state index contributed by atoms with van der Waals surface area (Å²) < 4.78 is 29.1. The lowest BCUT2D eigenvalue weighted by Crippen LogP contribution is -2.28. The van der Waals surface area contributed by atoms with Crippen LogP contribution in [0.15, 0.2) is 42.5 Å². The monoisotopic (exact) mass is 430 g/mol. The van der Waals surface area contributed by atoms with E-state index in [0.29, 0.717) is 12.1 Å². The minimum atomic E-state index is -0.457. The summed E-state index contributed by atoms with van der Waals surface area (Å²) in [6, 6.07) is 10.5. The topological polar surface area (TPSA) is 60.0 Å². The van der Waals surface area contributed by atoms with Gasteiger partial charge in [0.05, 0.1) is 21.3 Å². The highest BCUT2D eigenvalue weighted by Gasteiger charge is 2.06.